The van der Waals surface area contributed by atoms with Gasteiger partial charge in [-0.2, -0.15) is 0 Å². The van der Waals surface area contributed by atoms with Gasteiger partial charge in [0, 0.05) is 44.5 Å². The van der Waals surface area contributed by atoms with Crippen molar-refractivity contribution in [1.82, 2.24) is 4.90 Å². The molecule has 4 heteroatoms. The van der Waals surface area contributed by atoms with Gasteiger partial charge in [-0.25, -0.2) is 0 Å². The van der Waals surface area contributed by atoms with Crippen LogP contribution in [0.2, 0.25) is 0 Å². The maximum atomic E-state index is 11.7. The SMILES string of the molecule is CC(=O)Nc1ccc(C(=O)/C=C/N(C)C)cc1. The highest BCUT2D eigenvalue weighted by Crippen LogP contribution is 2.10. The first-order chi connectivity index (χ1) is 7.99. The van der Waals surface area contributed by atoms with Gasteiger partial charge < -0.3 is 10.2 Å². The molecule has 1 rings (SSSR count). The molecule has 1 amide bonds. The number of nitrogens with one attached hydrogen (secondary N) is 1. The van der Waals surface area contributed by atoms with Crippen LogP contribution in [0, 0.1) is 0 Å². The Balaban J connectivity index is 2.73. The molecule has 0 saturated heterocycles. The van der Waals surface area contributed by atoms with Crippen LogP contribution in [-0.4, -0.2) is 30.7 Å². The Morgan fingerprint density at radius 3 is 2.24 bits per heavy atom. The van der Waals surface area contributed by atoms with Crippen LogP contribution in [-0.2, 0) is 4.79 Å². The number of nitrogens with zero attached hydrogens (tertiary/aromatic N) is 1. The number of hydrogen-bond acceptors (Lipinski definition) is 3. The monoisotopic (exact) mass is 232 g/mol. The van der Waals surface area contributed by atoms with Crippen molar-refractivity contribution in [2.75, 3.05) is 19.4 Å². The van der Waals surface area contributed by atoms with Crippen LogP contribution >= 0.6 is 0 Å². The summed E-state index contributed by atoms with van der Waals surface area (Å²) >= 11 is 0. The zero-order valence-corrected chi connectivity index (χ0v) is 10.2. The molecule has 0 fully saturated rings. The normalized spacial score (nSPS) is 10.3. The Kier molecular flexibility index (Phi) is 4.46. The molecule has 0 heterocycles. The summed E-state index contributed by atoms with van der Waals surface area (Å²) in [5.41, 5.74) is 1.28. The predicted octanol–water partition coefficient (Wildman–Crippen LogP) is 1.90. The molecule has 1 N–H and O–H groups in total. The van der Waals surface area contributed by atoms with Crippen molar-refractivity contribution in [3.05, 3.63) is 42.1 Å². The highest BCUT2D eigenvalue weighted by atomic mass is 16.1. The Hall–Kier alpha value is -2.10. The maximum Gasteiger partial charge on any atom is 0.221 e. The fourth-order valence-electron chi connectivity index (χ4n) is 1.23. The van der Waals surface area contributed by atoms with Crippen LogP contribution in [0.15, 0.2) is 36.5 Å². The quantitative estimate of drug-likeness (QED) is 0.637. The number of amides is 1. The number of carbonyl (C=O) groups excluding carboxylic acids is 2. The average Bonchev–Trinajstić information content (AvgIpc) is 2.26. The van der Waals surface area contributed by atoms with E-state index in [1.165, 1.54) is 13.0 Å². The lowest BCUT2D eigenvalue weighted by Crippen LogP contribution is -2.06. The second-order valence-electron chi connectivity index (χ2n) is 3.90. The van der Waals surface area contributed by atoms with Gasteiger partial charge in [-0.05, 0) is 24.3 Å². The molecule has 0 aromatic heterocycles. The predicted molar refractivity (Wildman–Crippen MR) is 67.9 cm³/mol. The number of ketones is 1. The lowest BCUT2D eigenvalue weighted by atomic mass is 10.1. The molecule has 4 nitrogen and oxygen atoms in total. The highest BCUT2D eigenvalue weighted by molar-refractivity contribution is 6.04. The number of carbonyl (C=O) groups is 2. The second-order valence-corrected chi connectivity index (χ2v) is 3.90. The fourth-order valence-corrected chi connectivity index (χ4v) is 1.23. The van der Waals surface area contributed by atoms with Gasteiger partial charge in [0.2, 0.25) is 5.91 Å². The topological polar surface area (TPSA) is 49.4 Å². The third-order valence-corrected chi connectivity index (χ3v) is 2.01. The van der Waals surface area contributed by atoms with Gasteiger partial charge in [0.15, 0.2) is 5.78 Å². The zero-order valence-electron chi connectivity index (χ0n) is 10.2. The number of benzene rings is 1. The van der Waals surface area contributed by atoms with Crippen LogP contribution in [0.1, 0.15) is 17.3 Å². The molecule has 0 unspecified atom stereocenters. The summed E-state index contributed by atoms with van der Waals surface area (Å²) in [5.74, 6) is -0.190. The van der Waals surface area contributed by atoms with E-state index in [1.807, 2.05) is 14.1 Å². The summed E-state index contributed by atoms with van der Waals surface area (Å²) in [4.78, 5) is 24.3. The average molecular weight is 232 g/mol. The molecule has 1 aromatic rings. The first kappa shape index (κ1) is 13.0. The minimum Gasteiger partial charge on any atom is -0.383 e. The van der Waals surface area contributed by atoms with E-state index in [2.05, 4.69) is 5.32 Å². The van der Waals surface area contributed by atoms with Gasteiger partial charge in [0.25, 0.3) is 0 Å². The smallest absolute Gasteiger partial charge is 0.221 e. The molecule has 0 saturated carbocycles. The molecule has 0 aliphatic heterocycles. The van der Waals surface area contributed by atoms with Crippen molar-refractivity contribution in [2.24, 2.45) is 0 Å². The standard InChI is InChI=1S/C13H16N2O2/c1-10(16)14-12-6-4-11(5-7-12)13(17)8-9-15(2)3/h4-9H,1-3H3,(H,14,16)/b9-8+. The fraction of sp³-hybridized carbons (Fsp3) is 0.231. The third-order valence-electron chi connectivity index (χ3n) is 2.01. The summed E-state index contributed by atoms with van der Waals surface area (Å²) in [7, 11) is 3.70. The first-order valence-electron chi connectivity index (χ1n) is 5.25. The Labute approximate surface area is 101 Å². The summed E-state index contributed by atoms with van der Waals surface area (Å²) in [6.07, 6.45) is 3.21. The molecule has 0 aliphatic carbocycles. The Morgan fingerprint density at radius 2 is 1.76 bits per heavy atom. The Morgan fingerprint density at radius 1 is 1.18 bits per heavy atom. The van der Waals surface area contributed by atoms with E-state index in [0.717, 1.165) is 0 Å². The van der Waals surface area contributed by atoms with Crippen molar-refractivity contribution < 1.29 is 9.59 Å². The molecule has 1 aromatic carbocycles. The second kappa shape index (κ2) is 5.84. The summed E-state index contributed by atoms with van der Waals surface area (Å²) in [6.45, 7) is 1.44. The van der Waals surface area contributed by atoms with Crippen LogP contribution in [0.5, 0.6) is 0 Å². The van der Waals surface area contributed by atoms with E-state index in [9.17, 15) is 9.59 Å². The largest absolute Gasteiger partial charge is 0.383 e. The van der Waals surface area contributed by atoms with Gasteiger partial charge in [-0.1, -0.05) is 0 Å². The minimum absolute atomic E-state index is 0.0620. The Bertz CT molecular complexity index is 433. The number of allylic oxidation sites excluding steroid dienone is 1. The number of hydrogen-bond donors (Lipinski definition) is 1. The van der Waals surface area contributed by atoms with Crippen molar-refractivity contribution >= 4 is 17.4 Å². The van der Waals surface area contributed by atoms with Gasteiger partial charge in [0.1, 0.15) is 0 Å². The zero-order chi connectivity index (χ0) is 12.8. The van der Waals surface area contributed by atoms with Gasteiger partial charge in [0.05, 0.1) is 0 Å². The van der Waals surface area contributed by atoms with Crippen LogP contribution in [0.3, 0.4) is 0 Å². The third kappa shape index (κ3) is 4.51. The lowest BCUT2D eigenvalue weighted by Gasteiger charge is -2.04. The van der Waals surface area contributed by atoms with Crippen molar-refractivity contribution in [1.29, 1.82) is 0 Å². The molecule has 0 spiro atoms. The molecule has 0 bridgehead atoms. The molecular weight excluding hydrogens is 216 g/mol. The molecule has 0 aliphatic rings. The van der Waals surface area contributed by atoms with Gasteiger partial charge >= 0.3 is 0 Å². The first-order valence-corrected chi connectivity index (χ1v) is 5.25. The van der Waals surface area contributed by atoms with Crippen molar-refractivity contribution in [2.45, 2.75) is 6.92 Å². The van der Waals surface area contributed by atoms with E-state index in [4.69, 9.17) is 0 Å². The van der Waals surface area contributed by atoms with Crippen molar-refractivity contribution in [3.8, 4) is 0 Å². The van der Waals surface area contributed by atoms with Crippen LogP contribution < -0.4 is 5.32 Å². The van der Waals surface area contributed by atoms with Crippen molar-refractivity contribution in [3.63, 3.8) is 0 Å². The van der Waals surface area contributed by atoms with Gasteiger partial charge in [-0.3, -0.25) is 9.59 Å². The molecule has 90 valence electrons. The molecule has 0 radical (unpaired) electrons. The summed E-state index contributed by atoms with van der Waals surface area (Å²) < 4.78 is 0. The maximum absolute atomic E-state index is 11.7. The minimum atomic E-state index is -0.128. The number of rotatable bonds is 4. The molecule has 17 heavy (non-hydrogen) atoms. The van der Waals surface area contributed by atoms with E-state index in [1.54, 1.807) is 35.4 Å². The summed E-state index contributed by atoms with van der Waals surface area (Å²) in [5, 5.41) is 2.64. The van der Waals surface area contributed by atoms with E-state index in [-0.39, 0.29) is 11.7 Å². The molecular formula is C13H16N2O2. The van der Waals surface area contributed by atoms with E-state index in [0.29, 0.717) is 11.3 Å². The van der Waals surface area contributed by atoms with Gasteiger partial charge in [-0.15, -0.1) is 0 Å². The number of anilines is 1. The van der Waals surface area contributed by atoms with E-state index >= 15 is 0 Å². The molecule has 0 atom stereocenters. The highest BCUT2D eigenvalue weighted by Gasteiger charge is 2.02. The van der Waals surface area contributed by atoms with E-state index < -0.39 is 0 Å². The van der Waals surface area contributed by atoms with Crippen LogP contribution in [0.25, 0.3) is 0 Å². The van der Waals surface area contributed by atoms with Crippen LogP contribution in [0.4, 0.5) is 5.69 Å². The lowest BCUT2D eigenvalue weighted by molar-refractivity contribution is -0.114. The summed E-state index contributed by atoms with van der Waals surface area (Å²) in [6, 6.07) is 6.79.